The molecular formula is C23H23BrFNO3. The van der Waals surface area contributed by atoms with Crippen LogP contribution in [0.5, 0.6) is 11.5 Å². The first-order valence-electron chi connectivity index (χ1n) is 9.25. The molecule has 0 heterocycles. The number of rotatable bonds is 9. The number of hydrogen-bond donors (Lipinski definition) is 2. The second kappa shape index (κ2) is 10.4. The molecule has 6 heteroatoms. The van der Waals surface area contributed by atoms with Crippen LogP contribution < -0.4 is 14.8 Å². The van der Waals surface area contributed by atoms with Gasteiger partial charge in [0, 0.05) is 23.1 Å². The van der Waals surface area contributed by atoms with Gasteiger partial charge in [-0.25, -0.2) is 4.39 Å². The van der Waals surface area contributed by atoms with Crippen LogP contribution >= 0.6 is 15.9 Å². The van der Waals surface area contributed by atoms with E-state index >= 15 is 0 Å². The van der Waals surface area contributed by atoms with E-state index in [9.17, 15) is 9.50 Å². The molecule has 0 saturated carbocycles. The molecular weight excluding hydrogens is 437 g/mol. The van der Waals surface area contributed by atoms with Crippen molar-refractivity contribution in [1.82, 2.24) is 5.32 Å². The molecule has 0 aliphatic rings. The summed E-state index contributed by atoms with van der Waals surface area (Å²) >= 11 is 3.57. The first kappa shape index (κ1) is 21.3. The summed E-state index contributed by atoms with van der Waals surface area (Å²) in [5, 5.41) is 13.6. The Bertz CT molecular complexity index is 919. The first-order chi connectivity index (χ1) is 14.1. The van der Waals surface area contributed by atoms with Gasteiger partial charge in [0.2, 0.25) is 0 Å². The Morgan fingerprint density at radius 3 is 2.45 bits per heavy atom. The maximum Gasteiger partial charge on any atom is 0.167 e. The maximum atomic E-state index is 13.1. The third-order valence-electron chi connectivity index (χ3n) is 4.51. The summed E-state index contributed by atoms with van der Waals surface area (Å²) in [7, 11) is 1.59. The average molecular weight is 460 g/mol. The SMILES string of the molecule is COc1ccc(Br)c(CNCC(O)c2ccccc2)c1OCc1ccc(F)cc1. The molecule has 0 spiro atoms. The van der Waals surface area contributed by atoms with Gasteiger partial charge in [-0.1, -0.05) is 58.4 Å². The van der Waals surface area contributed by atoms with E-state index in [2.05, 4.69) is 21.2 Å². The van der Waals surface area contributed by atoms with Crippen LogP contribution in [0, 0.1) is 5.82 Å². The van der Waals surface area contributed by atoms with Crippen LogP contribution in [0.25, 0.3) is 0 Å². The van der Waals surface area contributed by atoms with Crippen LogP contribution in [0.15, 0.2) is 71.2 Å². The maximum absolute atomic E-state index is 13.1. The Hall–Kier alpha value is -2.41. The lowest BCUT2D eigenvalue weighted by molar-refractivity contribution is 0.174. The summed E-state index contributed by atoms with van der Waals surface area (Å²) in [5.74, 6) is 0.930. The quantitative estimate of drug-likeness (QED) is 0.472. The van der Waals surface area contributed by atoms with Crippen molar-refractivity contribution in [3.63, 3.8) is 0 Å². The number of hydrogen-bond acceptors (Lipinski definition) is 4. The van der Waals surface area contributed by atoms with Crippen LogP contribution in [0.3, 0.4) is 0 Å². The van der Waals surface area contributed by atoms with Crippen molar-refractivity contribution >= 4 is 15.9 Å². The fraction of sp³-hybridized carbons (Fsp3) is 0.217. The van der Waals surface area contributed by atoms with E-state index < -0.39 is 6.10 Å². The molecule has 0 amide bonds. The molecule has 2 N–H and O–H groups in total. The lowest BCUT2D eigenvalue weighted by atomic mass is 10.1. The number of halogens is 2. The van der Waals surface area contributed by atoms with Gasteiger partial charge in [0.15, 0.2) is 11.5 Å². The first-order valence-corrected chi connectivity index (χ1v) is 10.0. The number of benzene rings is 3. The molecule has 3 aromatic rings. The number of methoxy groups -OCH3 is 1. The van der Waals surface area contributed by atoms with Crippen molar-refractivity contribution in [2.24, 2.45) is 0 Å². The van der Waals surface area contributed by atoms with Gasteiger partial charge in [-0.2, -0.15) is 0 Å². The van der Waals surface area contributed by atoms with Crippen LogP contribution in [0.1, 0.15) is 22.8 Å². The predicted octanol–water partition coefficient (Wildman–Crippen LogP) is 5.00. The Balaban J connectivity index is 1.70. The zero-order chi connectivity index (χ0) is 20.6. The summed E-state index contributed by atoms with van der Waals surface area (Å²) in [4.78, 5) is 0. The van der Waals surface area contributed by atoms with Gasteiger partial charge in [-0.3, -0.25) is 0 Å². The molecule has 0 aliphatic carbocycles. The molecule has 0 radical (unpaired) electrons. The smallest absolute Gasteiger partial charge is 0.167 e. The monoisotopic (exact) mass is 459 g/mol. The van der Waals surface area contributed by atoms with Crippen LogP contribution in [0.4, 0.5) is 4.39 Å². The van der Waals surface area contributed by atoms with Gasteiger partial charge >= 0.3 is 0 Å². The molecule has 152 valence electrons. The molecule has 0 aliphatic heterocycles. The zero-order valence-corrected chi connectivity index (χ0v) is 17.7. The van der Waals surface area contributed by atoms with Gasteiger partial charge in [-0.05, 0) is 35.4 Å². The van der Waals surface area contributed by atoms with Crippen molar-refractivity contribution in [2.45, 2.75) is 19.3 Å². The van der Waals surface area contributed by atoms with E-state index in [1.807, 2.05) is 42.5 Å². The second-order valence-electron chi connectivity index (χ2n) is 6.53. The highest BCUT2D eigenvalue weighted by molar-refractivity contribution is 9.10. The topological polar surface area (TPSA) is 50.7 Å². The van der Waals surface area contributed by atoms with Crippen LogP contribution in [0.2, 0.25) is 0 Å². The minimum Gasteiger partial charge on any atom is -0.493 e. The Labute approximate surface area is 178 Å². The summed E-state index contributed by atoms with van der Waals surface area (Å²) in [6.07, 6.45) is -0.607. The van der Waals surface area contributed by atoms with Gasteiger partial charge in [0.25, 0.3) is 0 Å². The van der Waals surface area contributed by atoms with Crippen molar-refractivity contribution in [2.75, 3.05) is 13.7 Å². The van der Waals surface area contributed by atoms with Crippen molar-refractivity contribution in [1.29, 1.82) is 0 Å². The summed E-state index contributed by atoms with van der Waals surface area (Å²) in [5.41, 5.74) is 2.59. The Morgan fingerprint density at radius 1 is 1.03 bits per heavy atom. The van der Waals surface area contributed by atoms with Crippen molar-refractivity contribution < 1.29 is 19.0 Å². The number of ether oxygens (including phenoxy) is 2. The number of aliphatic hydroxyl groups excluding tert-OH is 1. The highest BCUT2D eigenvalue weighted by Gasteiger charge is 2.16. The molecule has 3 rings (SSSR count). The van der Waals surface area contributed by atoms with E-state index in [1.165, 1.54) is 12.1 Å². The molecule has 3 aromatic carbocycles. The zero-order valence-electron chi connectivity index (χ0n) is 16.1. The van der Waals surface area contributed by atoms with Gasteiger partial charge in [0.1, 0.15) is 12.4 Å². The molecule has 29 heavy (non-hydrogen) atoms. The minimum atomic E-state index is -0.607. The molecule has 0 bridgehead atoms. The molecule has 1 atom stereocenters. The second-order valence-corrected chi connectivity index (χ2v) is 7.38. The summed E-state index contributed by atoms with van der Waals surface area (Å²) < 4.78 is 25.5. The molecule has 0 saturated heterocycles. The largest absolute Gasteiger partial charge is 0.493 e. The molecule has 0 aromatic heterocycles. The van der Waals surface area contributed by atoms with E-state index in [0.29, 0.717) is 24.6 Å². The number of aliphatic hydroxyl groups is 1. The van der Waals surface area contributed by atoms with E-state index in [-0.39, 0.29) is 12.4 Å². The Morgan fingerprint density at radius 2 is 1.76 bits per heavy atom. The minimum absolute atomic E-state index is 0.282. The molecule has 4 nitrogen and oxygen atoms in total. The van der Waals surface area contributed by atoms with Crippen LogP contribution in [-0.2, 0) is 13.2 Å². The average Bonchev–Trinajstić information content (AvgIpc) is 2.75. The van der Waals surface area contributed by atoms with Gasteiger partial charge in [0.05, 0.1) is 13.2 Å². The summed E-state index contributed by atoms with van der Waals surface area (Å²) in [6.45, 7) is 1.15. The van der Waals surface area contributed by atoms with E-state index in [0.717, 1.165) is 21.2 Å². The lowest BCUT2D eigenvalue weighted by Gasteiger charge is -2.18. The predicted molar refractivity (Wildman–Crippen MR) is 115 cm³/mol. The highest BCUT2D eigenvalue weighted by Crippen LogP contribution is 2.37. The molecule has 0 fully saturated rings. The van der Waals surface area contributed by atoms with Crippen molar-refractivity contribution in [3.05, 3.63) is 93.7 Å². The third kappa shape index (κ3) is 5.79. The summed E-state index contributed by atoms with van der Waals surface area (Å²) in [6, 6.07) is 19.4. The van der Waals surface area contributed by atoms with Gasteiger partial charge < -0.3 is 19.9 Å². The fourth-order valence-corrected chi connectivity index (χ4v) is 3.38. The normalized spacial score (nSPS) is 11.9. The highest BCUT2D eigenvalue weighted by atomic mass is 79.9. The fourth-order valence-electron chi connectivity index (χ4n) is 2.93. The van der Waals surface area contributed by atoms with Crippen molar-refractivity contribution in [3.8, 4) is 11.5 Å². The lowest BCUT2D eigenvalue weighted by Crippen LogP contribution is -2.21. The third-order valence-corrected chi connectivity index (χ3v) is 5.25. The van der Waals surface area contributed by atoms with Crippen LogP contribution in [-0.4, -0.2) is 18.8 Å². The standard InChI is InChI=1S/C23H23BrFNO3/c1-28-22-12-11-20(24)19(13-26-14-21(27)17-5-3-2-4-6-17)23(22)29-15-16-7-9-18(25)10-8-16/h2-12,21,26-27H,13-15H2,1H3. The van der Waals surface area contributed by atoms with E-state index in [4.69, 9.17) is 9.47 Å². The molecule has 1 unspecified atom stereocenters. The van der Waals surface area contributed by atoms with E-state index in [1.54, 1.807) is 19.2 Å². The Kier molecular flexibility index (Phi) is 7.63. The van der Waals surface area contributed by atoms with Gasteiger partial charge in [-0.15, -0.1) is 0 Å². The number of nitrogens with one attached hydrogen (secondary N) is 1.